The fourth-order valence-corrected chi connectivity index (χ4v) is 2.70. The quantitative estimate of drug-likeness (QED) is 0.427. The highest BCUT2D eigenvalue weighted by Crippen LogP contribution is 2.13. The molecule has 1 saturated heterocycles. The smallest absolute Gasteiger partial charge is 0.236 e. The van der Waals surface area contributed by atoms with Crippen LogP contribution < -0.4 is 10.1 Å². The molecule has 0 spiro atoms. The second kappa shape index (κ2) is 10.0. The van der Waals surface area contributed by atoms with Crippen molar-refractivity contribution in [2.75, 3.05) is 12.4 Å². The van der Waals surface area contributed by atoms with Gasteiger partial charge in [-0.2, -0.15) is 5.10 Å². The summed E-state index contributed by atoms with van der Waals surface area (Å²) < 4.78 is 5.72. The van der Waals surface area contributed by atoms with E-state index in [9.17, 15) is 4.79 Å². The lowest BCUT2D eigenvalue weighted by Gasteiger charge is -2.06. The van der Waals surface area contributed by atoms with E-state index in [-0.39, 0.29) is 5.91 Å². The van der Waals surface area contributed by atoms with Gasteiger partial charge >= 0.3 is 0 Å². The van der Waals surface area contributed by atoms with Gasteiger partial charge < -0.3 is 10.1 Å². The fourth-order valence-electron chi connectivity index (χ4n) is 2.07. The minimum Gasteiger partial charge on any atom is -0.494 e. The summed E-state index contributed by atoms with van der Waals surface area (Å²) in [6, 6.07) is 7.76. The molecule has 1 heterocycles. The van der Waals surface area contributed by atoms with Crippen molar-refractivity contribution in [2.24, 2.45) is 10.2 Å². The summed E-state index contributed by atoms with van der Waals surface area (Å²) in [5.41, 5.74) is 0.943. The highest BCUT2D eigenvalue weighted by molar-refractivity contribution is 8.15. The van der Waals surface area contributed by atoms with Crippen molar-refractivity contribution < 1.29 is 9.53 Å². The van der Waals surface area contributed by atoms with Crippen LogP contribution in [0.2, 0.25) is 0 Å². The first-order valence-electron chi connectivity index (χ1n) is 8.04. The van der Waals surface area contributed by atoms with Gasteiger partial charge in [0.1, 0.15) is 5.75 Å². The highest BCUT2D eigenvalue weighted by Gasteiger charge is 2.15. The predicted octanol–water partition coefficient (Wildman–Crippen LogP) is 3.59. The maximum atomic E-state index is 11.0. The Hall–Kier alpha value is -1.82. The molecular weight excluding hydrogens is 310 g/mol. The summed E-state index contributed by atoms with van der Waals surface area (Å²) in [7, 11) is 0. The van der Waals surface area contributed by atoms with Gasteiger partial charge in [-0.3, -0.25) is 4.79 Å². The molecule has 0 atom stereocenters. The molecule has 1 aromatic carbocycles. The molecule has 1 fully saturated rings. The van der Waals surface area contributed by atoms with E-state index < -0.39 is 0 Å². The Morgan fingerprint density at radius 1 is 1.22 bits per heavy atom. The van der Waals surface area contributed by atoms with E-state index in [1.807, 2.05) is 24.3 Å². The normalized spacial score (nSPS) is 16.2. The molecule has 0 aliphatic carbocycles. The average molecular weight is 333 g/mol. The van der Waals surface area contributed by atoms with Crippen LogP contribution in [0.15, 0.2) is 34.5 Å². The predicted molar refractivity (Wildman–Crippen MR) is 96.3 cm³/mol. The Labute approximate surface area is 141 Å². The molecule has 124 valence electrons. The third-order valence-corrected chi connectivity index (χ3v) is 4.20. The first kappa shape index (κ1) is 17.5. The van der Waals surface area contributed by atoms with Crippen molar-refractivity contribution in [1.82, 2.24) is 5.32 Å². The molecule has 0 saturated carbocycles. The van der Waals surface area contributed by atoms with Crippen LogP contribution in [0.3, 0.4) is 0 Å². The SMILES string of the molecule is CCCCCCCOc1ccc(/C=N\N=C2NC(=O)CS2)cc1. The number of benzene rings is 1. The summed E-state index contributed by atoms with van der Waals surface area (Å²) in [6.45, 7) is 2.98. The Morgan fingerprint density at radius 2 is 2.00 bits per heavy atom. The number of amidine groups is 1. The molecular formula is C17H23N3O2S. The van der Waals surface area contributed by atoms with Crippen molar-refractivity contribution in [3.63, 3.8) is 0 Å². The number of nitrogens with one attached hydrogen (secondary N) is 1. The number of carbonyl (C=O) groups excluding carboxylic acids is 1. The Kier molecular flexibility index (Phi) is 7.66. The summed E-state index contributed by atoms with van der Waals surface area (Å²) in [5.74, 6) is 1.27. The number of carbonyl (C=O) groups is 1. The number of amides is 1. The molecule has 0 unspecified atom stereocenters. The topological polar surface area (TPSA) is 63.1 Å². The Morgan fingerprint density at radius 3 is 2.70 bits per heavy atom. The zero-order chi connectivity index (χ0) is 16.3. The van der Waals surface area contributed by atoms with E-state index in [1.165, 1.54) is 37.4 Å². The maximum Gasteiger partial charge on any atom is 0.236 e. The number of ether oxygens (including phenoxy) is 1. The maximum absolute atomic E-state index is 11.0. The molecule has 1 aliphatic rings. The van der Waals surface area contributed by atoms with Crippen LogP contribution in [0.4, 0.5) is 0 Å². The lowest BCUT2D eigenvalue weighted by Crippen LogP contribution is -2.19. The molecule has 1 aliphatic heterocycles. The third-order valence-electron chi connectivity index (χ3n) is 3.34. The first-order valence-corrected chi connectivity index (χ1v) is 9.03. The summed E-state index contributed by atoms with van der Waals surface area (Å²) in [6.07, 6.45) is 7.85. The van der Waals surface area contributed by atoms with E-state index in [1.54, 1.807) is 6.21 Å². The van der Waals surface area contributed by atoms with Crippen molar-refractivity contribution in [1.29, 1.82) is 0 Å². The lowest BCUT2D eigenvalue weighted by molar-refractivity contribution is -0.116. The van der Waals surface area contributed by atoms with E-state index in [2.05, 4.69) is 22.4 Å². The summed E-state index contributed by atoms with van der Waals surface area (Å²) in [5, 5.41) is 11.1. The van der Waals surface area contributed by atoms with Gasteiger partial charge in [-0.05, 0) is 36.2 Å². The number of nitrogens with zero attached hydrogens (tertiary/aromatic N) is 2. The minimum absolute atomic E-state index is 0.0276. The monoisotopic (exact) mass is 333 g/mol. The molecule has 1 amide bonds. The van der Waals surface area contributed by atoms with E-state index >= 15 is 0 Å². The number of hydrogen-bond acceptors (Lipinski definition) is 5. The largest absolute Gasteiger partial charge is 0.494 e. The van der Waals surface area contributed by atoms with Crippen molar-refractivity contribution in [2.45, 2.75) is 39.0 Å². The second-order valence-electron chi connectivity index (χ2n) is 5.32. The molecule has 0 aromatic heterocycles. The molecule has 1 aromatic rings. The molecule has 2 rings (SSSR count). The van der Waals surface area contributed by atoms with Gasteiger partial charge in [-0.15, -0.1) is 5.10 Å². The zero-order valence-corrected chi connectivity index (χ0v) is 14.3. The van der Waals surface area contributed by atoms with Gasteiger partial charge in [0.15, 0.2) is 5.17 Å². The third kappa shape index (κ3) is 6.86. The molecule has 0 radical (unpaired) electrons. The highest BCUT2D eigenvalue weighted by atomic mass is 32.2. The van der Waals surface area contributed by atoms with Crippen LogP contribution in [0.1, 0.15) is 44.6 Å². The van der Waals surface area contributed by atoms with Gasteiger partial charge in [-0.25, -0.2) is 0 Å². The minimum atomic E-state index is -0.0276. The van der Waals surface area contributed by atoms with Crippen molar-refractivity contribution >= 4 is 29.1 Å². The lowest BCUT2D eigenvalue weighted by atomic mass is 10.2. The number of unbranched alkanes of at least 4 members (excludes halogenated alkanes) is 4. The number of hydrogen-bond donors (Lipinski definition) is 1. The van der Waals surface area contributed by atoms with Crippen LogP contribution in [0.25, 0.3) is 0 Å². The van der Waals surface area contributed by atoms with Crippen molar-refractivity contribution in [3.8, 4) is 5.75 Å². The second-order valence-corrected chi connectivity index (χ2v) is 6.28. The van der Waals surface area contributed by atoms with Gasteiger partial charge in [-0.1, -0.05) is 44.4 Å². The van der Waals surface area contributed by atoms with Crippen LogP contribution in [-0.2, 0) is 4.79 Å². The van der Waals surface area contributed by atoms with E-state index in [0.717, 1.165) is 24.3 Å². The number of rotatable bonds is 9. The molecule has 23 heavy (non-hydrogen) atoms. The van der Waals surface area contributed by atoms with Crippen LogP contribution in [0, 0.1) is 0 Å². The van der Waals surface area contributed by atoms with Crippen molar-refractivity contribution in [3.05, 3.63) is 29.8 Å². The fraction of sp³-hybridized carbons (Fsp3) is 0.471. The number of thioether (sulfide) groups is 1. The molecule has 5 nitrogen and oxygen atoms in total. The molecule has 0 bridgehead atoms. The van der Waals surface area contributed by atoms with Gasteiger partial charge in [0.2, 0.25) is 5.91 Å². The van der Waals surface area contributed by atoms with E-state index in [4.69, 9.17) is 4.74 Å². The Bertz CT molecular complexity index is 555. The zero-order valence-electron chi connectivity index (χ0n) is 13.5. The van der Waals surface area contributed by atoms with Crippen LogP contribution in [0.5, 0.6) is 5.75 Å². The molecule has 6 heteroatoms. The summed E-state index contributed by atoms with van der Waals surface area (Å²) in [4.78, 5) is 11.0. The van der Waals surface area contributed by atoms with Gasteiger partial charge in [0.25, 0.3) is 0 Å². The van der Waals surface area contributed by atoms with E-state index in [0.29, 0.717) is 10.9 Å². The molecule has 1 N–H and O–H groups in total. The standard InChI is InChI=1S/C17H23N3O2S/c1-2-3-4-5-6-11-22-15-9-7-14(8-10-15)12-18-20-17-19-16(21)13-23-17/h7-10,12H,2-6,11,13H2,1H3,(H,19,20,21)/b18-12-. The van der Waals surface area contributed by atoms with Gasteiger partial charge in [0, 0.05) is 0 Å². The first-order chi connectivity index (χ1) is 11.3. The average Bonchev–Trinajstić information content (AvgIpc) is 2.97. The summed E-state index contributed by atoms with van der Waals surface area (Å²) >= 11 is 1.36. The van der Waals surface area contributed by atoms with Crippen LogP contribution >= 0.6 is 11.8 Å². The van der Waals surface area contributed by atoms with Crippen LogP contribution in [-0.4, -0.2) is 29.6 Å². The Balaban J connectivity index is 1.70. The van der Waals surface area contributed by atoms with Gasteiger partial charge in [0.05, 0.1) is 18.6 Å².